The summed E-state index contributed by atoms with van der Waals surface area (Å²) in [4.78, 5) is 12.5. The largest absolute Gasteiger partial charge is 0.377 e. The number of nitrogens with one attached hydrogen (secondary N) is 1. The molecule has 0 bridgehead atoms. The maximum atomic E-state index is 12.8. The minimum absolute atomic E-state index is 0.0544. The van der Waals surface area contributed by atoms with E-state index < -0.39 is 16.0 Å². The number of anilines is 1. The Morgan fingerprint density at radius 2 is 1.58 bits per heavy atom. The first-order valence-corrected chi connectivity index (χ1v) is 11.8. The van der Waals surface area contributed by atoms with Crippen molar-refractivity contribution in [3.8, 4) is 11.8 Å². The Hall–Kier alpha value is -3.31. The van der Waals surface area contributed by atoms with Gasteiger partial charge in [0.2, 0.25) is 0 Å². The van der Waals surface area contributed by atoms with Crippen molar-refractivity contribution in [3.63, 3.8) is 0 Å². The van der Waals surface area contributed by atoms with Crippen molar-refractivity contribution < 1.29 is 17.4 Å². The van der Waals surface area contributed by atoms with Crippen LogP contribution in [0.3, 0.4) is 0 Å². The standard InChI is InChI=1S/C24H18Cl2N2O4S/c1-15-3-7-20(8-4-15)28-24(29)18(14-27)11-17-12-19(25)13-22(26)23(17)32-33(30,31)21-9-5-16(2)6-10-21/h3-13H,1-2H3,(H,28,29)/b18-11+. The minimum atomic E-state index is -4.24. The van der Waals surface area contributed by atoms with Crippen LogP contribution in [0.15, 0.2) is 71.1 Å². The van der Waals surface area contributed by atoms with E-state index in [1.165, 1.54) is 30.3 Å². The maximum absolute atomic E-state index is 12.8. The number of benzene rings is 3. The number of halogens is 2. The number of nitrogens with zero attached hydrogens (tertiary/aromatic N) is 1. The SMILES string of the molecule is Cc1ccc(NC(=O)/C(C#N)=C/c2cc(Cl)cc(Cl)c2OS(=O)(=O)c2ccc(C)cc2)cc1. The molecule has 3 rings (SSSR count). The smallest absolute Gasteiger partial charge is 0.339 e. The second-order valence-electron chi connectivity index (χ2n) is 7.15. The molecule has 0 saturated carbocycles. The average Bonchev–Trinajstić information content (AvgIpc) is 2.76. The van der Waals surface area contributed by atoms with Gasteiger partial charge in [-0.25, -0.2) is 0 Å². The van der Waals surface area contributed by atoms with Crippen LogP contribution in [0.25, 0.3) is 6.08 Å². The van der Waals surface area contributed by atoms with Crippen LogP contribution in [0.4, 0.5) is 5.69 Å². The van der Waals surface area contributed by atoms with Crippen LogP contribution in [0.5, 0.6) is 5.75 Å². The van der Waals surface area contributed by atoms with Gasteiger partial charge in [-0.1, -0.05) is 58.6 Å². The van der Waals surface area contributed by atoms with Crippen molar-refractivity contribution in [1.29, 1.82) is 5.26 Å². The fourth-order valence-electron chi connectivity index (χ4n) is 2.78. The van der Waals surface area contributed by atoms with Crippen molar-refractivity contribution in [2.75, 3.05) is 5.32 Å². The number of hydrogen-bond donors (Lipinski definition) is 1. The van der Waals surface area contributed by atoms with Crippen molar-refractivity contribution in [3.05, 3.63) is 93.0 Å². The van der Waals surface area contributed by atoms with Gasteiger partial charge in [-0.05, 0) is 56.3 Å². The molecular formula is C24H18Cl2N2O4S. The van der Waals surface area contributed by atoms with Gasteiger partial charge in [0, 0.05) is 16.3 Å². The van der Waals surface area contributed by atoms with Crippen LogP contribution in [-0.2, 0) is 14.9 Å². The lowest BCUT2D eigenvalue weighted by atomic mass is 10.1. The zero-order valence-electron chi connectivity index (χ0n) is 17.6. The predicted molar refractivity (Wildman–Crippen MR) is 129 cm³/mol. The summed E-state index contributed by atoms with van der Waals surface area (Å²) < 4.78 is 30.9. The summed E-state index contributed by atoms with van der Waals surface area (Å²) in [6.45, 7) is 3.72. The number of nitriles is 1. The first-order chi connectivity index (χ1) is 15.6. The van der Waals surface area contributed by atoms with Gasteiger partial charge in [0.05, 0.1) is 5.02 Å². The molecule has 0 aliphatic carbocycles. The highest BCUT2D eigenvalue weighted by Gasteiger charge is 2.22. The molecule has 9 heteroatoms. The Bertz CT molecular complexity index is 1380. The van der Waals surface area contributed by atoms with E-state index in [2.05, 4.69) is 5.32 Å². The zero-order valence-corrected chi connectivity index (χ0v) is 19.9. The summed E-state index contributed by atoms with van der Waals surface area (Å²) in [5.74, 6) is -0.942. The van der Waals surface area contributed by atoms with Gasteiger partial charge in [-0.15, -0.1) is 0 Å². The third kappa shape index (κ3) is 6.14. The van der Waals surface area contributed by atoms with Crippen LogP contribution in [0, 0.1) is 25.2 Å². The fourth-order valence-corrected chi connectivity index (χ4v) is 4.34. The number of carbonyl (C=O) groups is 1. The lowest BCUT2D eigenvalue weighted by Gasteiger charge is -2.13. The Morgan fingerprint density at radius 1 is 1.00 bits per heavy atom. The number of aryl methyl sites for hydroxylation is 2. The van der Waals surface area contributed by atoms with E-state index in [0.29, 0.717) is 5.69 Å². The molecule has 0 heterocycles. The summed E-state index contributed by atoms with van der Waals surface area (Å²) in [6, 6.07) is 17.5. The van der Waals surface area contributed by atoms with Gasteiger partial charge < -0.3 is 9.50 Å². The molecule has 6 nitrogen and oxygen atoms in total. The van der Waals surface area contributed by atoms with Gasteiger partial charge in [0.1, 0.15) is 16.5 Å². The Kier molecular flexibility index (Phi) is 7.44. The molecule has 0 radical (unpaired) electrons. The van der Waals surface area contributed by atoms with Crippen molar-refractivity contribution in [2.24, 2.45) is 0 Å². The number of hydrogen-bond acceptors (Lipinski definition) is 5. The van der Waals surface area contributed by atoms with Crippen molar-refractivity contribution in [2.45, 2.75) is 18.7 Å². The molecule has 0 aliphatic heterocycles. The molecule has 33 heavy (non-hydrogen) atoms. The first-order valence-electron chi connectivity index (χ1n) is 9.59. The van der Waals surface area contributed by atoms with Gasteiger partial charge in [0.15, 0.2) is 5.75 Å². The first kappa shape index (κ1) is 24.3. The molecule has 1 N–H and O–H groups in total. The van der Waals surface area contributed by atoms with E-state index in [1.54, 1.807) is 30.3 Å². The lowest BCUT2D eigenvalue weighted by Crippen LogP contribution is -2.14. The normalized spacial score (nSPS) is 11.5. The minimum Gasteiger partial charge on any atom is -0.377 e. The van der Waals surface area contributed by atoms with Crippen LogP contribution >= 0.6 is 23.2 Å². The molecule has 0 aliphatic rings. The van der Waals surface area contributed by atoms with E-state index >= 15 is 0 Å². The van der Waals surface area contributed by atoms with Gasteiger partial charge in [-0.2, -0.15) is 13.7 Å². The molecule has 0 fully saturated rings. The molecular weight excluding hydrogens is 483 g/mol. The van der Waals surface area contributed by atoms with Crippen molar-refractivity contribution >= 4 is 51.0 Å². The second-order valence-corrected chi connectivity index (χ2v) is 9.54. The monoisotopic (exact) mass is 500 g/mol. The summed E-state index contributed by atoms with van der Waals surface area (Å²) >= 11 is 12.3. The van der Waals surface area contributed by atoms with E-state index in [4.69, 9.17) is 27.4 Å². The van der Waals surface area contributed by atoms with Crippen molar-refractivity contribution in [1.82, 2.24) is 0 Å². The van der Waals surface area contributed by atoms with Crippen LogP contribution in [0.1, 0.15) is 16.7 Å². The van der Waals surface area contributed by atoms with Gasteiger partial charge >= 0.3 is 10.1 Å². The number of amides is 1. The van der Waals surface area contributed by atoms with Crippen LogP contribution < -0.4 is 9.50 Å². The topological polar surface area (TPSA) is 96.3 Å². The van der Waals surface area contributed by atoms with E-state index in [9.17, 15) is 18.5 Å². The molecule has 0 unspecified atom stereocenters. The second kappa shape index (κ2) is 10.1. The van der Waals surface area contributed by atoms with E-state index in [0.717, 1.165) is 11.1 Å². The highest BCUT2D eigenvalue weighted by molar-refractivity contribution is 7.87. The fraction of sp³-hybridized carbons (Fsp3) is 0.0833. The molecule has 3 aromatic rings. The van der Waals surface area contributed by atoms with Crippen LogP contribution in [-0.4, -0.2) is 14.3 Å². The summed E-state index contributed by atoms with van der Waals surface area (Å²) in [7, 11) is -4.24. The molecule has 0 saturated heterocycles. The molecule has 0 atom stereocenters. The maximum Gasteiger partial charge on any atom is 0.339 e. The third-order valence-electron chi connectivity index (χ3n) is 4.51. The number of rotatable bonds is 6. The van der Waals surface area contributed by atoms with Gasteiger partial charge in [0.25, 0.3) is 5.91 Å². The molecule has 0 aromatic heterocycles. The zero-order chi connectivity index (χ0) is 24.2. The highest BCUT2D eigenvalue weighted by atomic mass is 35.5. The molecule has 3 aromatic carbocycles. The van der Waals surface area contributed by atoms with E-state index in [-0.39, 0.29) is 31.8 Å². The van der Waals surface area contributed by atoms with Crippen LogP contribution in [0.2, 0.25) is 10.0 Å². The Morgan fingerprint density at radius 3 is 2.15 bits per heavy atom. The summed E-state index contributed by atoms with van der Waals surface area (Å²) in [6.07, 6.45) is 1.17. The summed E-state index contributed by atoms with van der Waals surface area (Å²) in [5, 5.41) is 12.2. The predicted octanol–water partition coefficient (Wildman–Crippen LogP) is 5.92. The molecule has 1 amide bonds. The highest BCUT2D eigenvalue weighted by Crippen LogP contribution is 2.36. The average molecular weight is 501 g/mol. The molecule has 168 valence electrons. The lowest BCUT2D eigenvalue weighted by molar-refractivity contribution is -0.112. The Labute approximate surface area is 202 Å². The quantitative estimate of drug-likeness (QED) is 0.257. The van der Waals surface area contributed by atoms with E-state index in [1.807, 2.05) is 26.0 Å². The Balaban J connectivity index is 1.99. The number of carbonyl (C=O) groups excluding carboxylic acids is 1. The third-order valence-corrected chi connectivity index (χ3v) is 6.25. The summed E-state index contributed by atoms with van der Waals surface area (Å²) in [5.41, 5.74) is 2.13. The van der Waals surface area contributed by atoms with Gasteiger partial charge in [-0.3, -0.25) is 4.79 Å². The molecule has 0 spiro atoms.